The van der Waals surface area contributed by atoms with Gasteiger partial charge in [-0.2, -0.15) is 4.31 Å². The van der Waals surface area contributed by atoms with Crippen molar-refractivity contribution in [2.75, 3.05) is 52.5 Å². The molecule has 160 valence electrons. The molecule has 0 N–H and O–H groups in total. The van der Waals surface area contributed by atoms with Crippen molar-refractivity contribution in [3.63, 3.8) is 0 Å². The Morgan fingerprint density at radius 1 is 0.933 bits per heavy atom. The topological polar surface area (TPSA) is 83.1 Å². The van der Waals surface area contributed by atoms with E-state index in [1.54, 1.807) is 18.3 Å². The van der Waals surface area contributed by atoms with Gasteiger partial charge in [0, 0.05) is 51.7 Å². The molecule has 0 saturated carbocycles. The van der Waals surface area contributed by atoms with Gasteiger partial charge in [-0.25, -0.2) is 8.42 Å². The first kappa shape index (κ1) is 20.9. The lowest BCUT2D eigenvalue weighted by Crippen LogP contribution is -2.54. The van der Waals surface area contributed by atoms with Gasteiger partial charge in [-0.3, -0.25) is 14.7 Å². The standard InChI is InChI=1S/C21H26N4O4S/c26-21(24-13-15-29-16-14-24)20(18-5-2-1-3-6-18)23-9-11-25(12-10-23)30(27,28)19-7-4-8-22-17-19/h1-8,17,20H,9-16H2. The number of benzene rings is 1. The number of ether oxygens (including phenoxy) is 1. The zero-order valence-electron chi connectivity index (χ0n) is 16.8. The van der Waals surface area contributed by atoms with E-state index in [-0.39, 0.29) is 10.8 Å². The van der Waals surface area contributed by atoms with Crippen molar-refractivity contribution in [3.8, 4) is 0 Å². The molecule has 0 bridgehead atoms. The third kappa shape index (κ3) is 4.39. The van der Waals surface area contributed by atoms with Crippen LogP contribution in [0.1, 0.15) is 11.6 Å². The van der Waals surface area contributed by atoms with Crippen LogP contribution in [-0.2, 0) is 19.6 Å². The number of rotatable bonds is 5. The van der Waals surface area contributed by atoms with Crippen molar-refractivity contribution in [3.05, 3.63) is 60.4 Å². The van der Waals surface area contributed by atoms with E-state index < -0.39 is 16.1 Å². The average Bonchev–Trinajstić information content (AvgIpc) is 2.81. The van der Waals surface area contributed by atoms with Gasteiger partial charge in [0.2, 0.25) is 15.9 Å². The molecule has 1 amide bonds. The second kappa shape index (κ2) is 9.22. The van der Waals surface area contributed by atoms with Crippen molar-refractivity contribution < 1.29 is 17.9 Å². The van der Waals surface area contributed by atoms with Crippen LogP contribution in [0.5, 0.6) is 0 Å². The molecule has 0 aliphatic carbocycles. The quantitative estimate of drug-likeness (QED) is 0.704. The Morgan fingerprint density at radius 3 is 2.27 bits per heavy atom. The highest BCUT2D eigenvalue weighted by atomic mass is 32.2. The maximum Gasteiger partial charge on any atom is 0.244 e. The molecule has 1 unspecified atom stereocenters. The first-order chi connectivity index (χ1) is 14.6. The number of carbonyl (C=O) groups excluding carboxylic acids is 1. The summed E-state index contributed by atoms with van der Waals surface area (Å²) in [6.45, 7) is 3.88. The summed E-state index contributed by atoms with van der Waals surface area (Å²) < 4.78 is 32.6. The Kier molecular flexibility index (Phi) is 6.43. The van der Waals surface area contributed by atoms with E-state index >= 15 is 0 Å². The second-order valence-corrected chi connectivity index (χ2v) is 9.32. The van der Waals surface area contributed by atoms with Gasteiger partial charge < -0.3 is 9.64 Å². The van der Waals surface area contributed by atoms with E-state index in [1.165, 1.54) is 10.5 Å². The van der Waals surface area contributed by atoms with Gasteiger partial charge in [0.1, 0.15) is 10.9 Å². The molecule has 2 fully saturated rings. The Labute approximate surface area is 177 Å². The number of sulfonamides is 1. The molecular weight excluding hydrogens is 404 g/mol. The highest BCUT2D eigenvalue weighted by molar-refractivity contribution is 7.89. The molecule has 2 aromatic rings. The molecule has 1 aromatic carbocycles. The summed E-state index contributed by atoms with van der Waals surface area (Å²) >= 11 is 0. The predicted molar refractivity (Wildman–Crippen MR) is 111 cm³/mol. The van der Waals surface area contributed by atoms with E-state index in [1.807, 2.05) is 35.2 Å². The fraction of sp³-hybridized carbons (Fsp3) is 0.429. The van der Waals surface area contributed by atoms with E-state index in [2.05, 4.69) is 9.88 Å². The van der Waals surface area contributed by atoms with Crippen LogP contribution in [0.3, 0.4) is 0 Å². The van der Waals surface area contributed by atoms with E-state index in [4.69, 9.17) is 4.74 Å². The number of carbonyl (C=O) groups is 1. The normalized spacial score (nSPS) is 20.1. The zero-order valence-corrected chi connectivity index (χ0v) is 17.6. The molecule has 2 saturated heterocycles. The van der Waals surface area contributed by atoms with Gasteiger partial charge in [-0.1, -0.05) is 30.3 Å². The summed E-state index contributed by atoms with van der Waals surface area (Å²) in [5, 5.41) is 0. The second-order valence-electron chi connectivity index (χ2n) is 7.38. The van der Waals surface area contributed by atoms with E-state index in [0.29, 0.717) is 52.5 Å². The Hall–Kier alpha value is -2.33. The largest absolute Gasteiger partial charge is 0.378 e. The minimum atomic E-state index is -3.58. The number of amides is 1. The third-order valence-electron chi connectivity index (χ3n) is 5.58. The van der Waals surface area contributed by atoms with Crippen LogP contribution in [0.15, 0.2) is 59.8 Å². The monoisotopic (exact) mass is 430 g/mol. The van der Waals surface area contributed by atoms with E-state index in [0.717, 1.165) is 5.56 Å². The number of aromatic nitrogens is 1. The molecule has 9 heteroatoms. The van der Waals surface area contributed by atoms with Crippen molar-refractivity contribution in [1.29, 1.82) is 0 Å². The van der Waals surface area contributed by atoms with Gasteiger partial charge in [-0.05, 0) is 17.7 Å². The maximum absolute atomic E-state index is 13.4. The lowest BCUT2D eigenvalue weighted by Gasteiger charge is -2.40. The fourth-order valence-corrected chi connectivity index (χ4v) is 5.34. The summed E-state index contributed by atoms with van der Waals surface area (Å²) in [6.07, 6.45) is 2.93. The minimum Gasteiger partial charge on any atom is -0.378 e. The summed E-state index contributed by atoms with van der Waals surface area (Å²) in [6, 6.07) is 12.5. The van der Waals surface area contributed by atoms with E-state index in [9.17, 15) is 13.2 Å². The minimum absolute atomic E-state index is 0.0491. The van der Waals surface area contributed by atoms with Crippen LogP contribution in [0, 0.1) is 0 Å². The summed E-state index contributed by atoms with van der Waals surface area (Å²) in [7, 11) is -3.58. The smallest absolute Gasteiger partial charge is 0.244 e. The fourth-order valence-electron chi connectivity index (χ4n) is 3.95. The number of pyridine rings is 1. The van der Waals surface area contributed by atoms with Crippen molar-refractivity contribution in [2.45, 2.75) is 10.9 Å². The summed E-state index contributed by atoms with van der Waals surface area (Å²) in [4.78, 5) is 21.4. The van der Waals surface area contributed by atoms with Crippen LogP contribution in [0.4, 0.5) is 0 Å². The molecule has 0 radical (unpaired) electrons. The molecule has 8 nitrogen and oxygen atoms in total. The first-order valence-corrected chi connectivity index (χ1v) is 11.6. The van der Waals surface area contributed by atoms with Gasteiger partial charge >= 0.3 is 0 Å². The maximum atomic E-state index is 13.4. The molecule has 1 aromatic heterocycles. The molecular formula is C21H26N4O4S. The first-order valence-electron chi connectivity index (χ1n) is 10.1. The highest BCUT2D eigenvalue weighted by Gasteiger charge is 2.36. The molecule has 0 spiro atoms. The molecule has 2 aliphatic rings. The molecule has 1 atom stereocenters. The number of hydrogen-bond acceptors (Lipinski definition) is 6. The highest BCUT2D eigenvalue weighted by Crippen LogP contribution is 2.26. The number of piperazine rings is 1. The van der Waals surface area contributed by atoms with Crippen LogP contribution >= 0.6 is 0 Å². The van der Waals surface area contributed by atoms with Gasteiger partial charge in [0.05, 0.1) is 13.2 Å². The number of morpholine rings is 1. The van der Waals surface area contributed by atoms with Gasteiger partial charge in [0.15, 0.2) is 0 Å². The molecule has 30 heavy (non-hydrogen) atoms. The number of hydrogen-bond donors (Lipinski definition) is 0. The van der Waals surface area contributed by atoms with Crippen molar-refractivity contribution in [2.24, 2.45) is 0 Å². The molecule has 2 aliphatic heterocycles. The summed E-state index contributed by atoms with van der Waals surface area (Å²) in [5.41, 5.74) is 0.928. The van der Waals surface area contributed by atoms with Crippen LogP contribution in [0.25, 0.3) is 0 Å². The van der Waals surface area contributed by atoms with Gasteiger partial charge in [-0.15, -0.1) is 0 Å². The molecule has 4 rings (SSSR count). The molecule has 3 heterocycles. The SMILES string of the molecule is O=C(C(c1ccccc1)N1CCN(S(=O)(=O)c2cccnc2)CC1)N1CCOCC1. The van der Waals surface area contributed by atoms with Crippen molar-refractivity contribution >= 4 is 15.9 Å². The Balaban J connectivity index is 1.51. The summed E-state index contributed by atoms with van der Waals surface area (Å²) in [5.74, 6) is 0.0491. The average molecular weight is 431 g/mol. The van der Waals surface area contributed by atoms with Crippen LogP contribution in [-0.4, -0.2) is 85.9 Å². The Bertz CT molecular complexity index is 941. The Morgan fingerprint density at radius 2 is 1.63 bits per heavy atom. The lowest BCUT2D eigenvalue weighted by atomic mass is 10.0. The zero-order chi connectivity index (χ0) is 21.0. The van der Waals surface area contributed by atoms with Crippen molar-refractivity contribution in [1.82, 2.24) is 19.1 Å². The van der Waals surface area contributed by atoms with Crippen LogP contribution < -0.4 is 0 Å². The third-order valence-corrected chi connectivity index (χ3v) is 7.46. The van der Waals surface area contributed by atoms with Crippen LogP contribution in [0.2, 0.25) is 0 Å². The predicted octanol–water partition coefficient (Wildman–Crippen LogP) is 0.988. The number of nitrogens with zero attached hydrogens (tertiary/aromatic N) is 4. The lowest BCUT2D eigenvalue weighted by molar-refractivity contribution is -0.142. The van der Waals surface area contributed by atoms with Gasteiger partial charge in [0.25, 0.3) is 0 Å².